The van der Waals surface area contributed by atoms with Crippen molar-refractivity contribution in [2.24, 2.45) is 0 Å². The molecule has 1 aliphatic rings. The van der Waals surface area contributed by atoms with Crippen LogP contribution in [0.5, 0.6) is 0 Å². The first-order chi connectivity index (χ1) is 20.3. The molecule has 43 heavy (non-hydrogen) atoms. The van der Waals surface area contributed by atoms with Crippen LogP contribution in [0.25, 0.3) is 44.8 Å². The Balaban J connectivity index is 0.000000167. The second-order valence-electron chi connectivity index (χ2n) is 11.4. The first-order valence-electron chi connectivity index (χ1n) is 14.3. The summed E-state index contributed by atoms with van der Waals surface area (Å²) < 4.78 is 0. The predicted octanol–water partition coefficient (Wildman–Crippen LogP) is 9.39. The maximum atomic E-state index is 4.63. The van der Waals surface area contributed by atoms with Crippen molar-refractivity contribution in [2.75, 3.05) is 0 Å². The van der Waals surface area contributed by atoms with Gasteiger partial charge in [-0.05, 0) is 58.6 Å². The van der Waals surface area contributed by atoms with Gasteiger partial charge < -0.3 is 15.0 Å². The van der Waals surface area contributed by atoms with Crippen LogP contribution in [0.4, 0.5) is 0 Å². The van der Waals surface area contributed by atoms with E-state index in [1.54, 1.807) is 12.4 Å². The molecular formula is C39H33IrN3-2. The number of fused-ring (bicyclic) bond motifs is 3. The van der Waals surface area contributed by atoms with Gasteiger partial charge in [-0.25, -0.2) is 0 Å². The summed E-state index contributed by atoms with van der Waals surface area (Å²) in [7, 11) is 0. The molecule has 4 heteroatoms. The molecule has 0 bridgehead atoms. The van der Waals surface area contributed by atoms with Crippen LogP contribution in [0.1, 0.15) is 41.7 Å². The van der Waals surface area contributed by atoms with Gasteiger partial charge in [0, 0.05) is 37.9 Å². The maximum Gasteiger partial charge on any atom is 0.0207 e. The molecule has 3 aromatic carbocycles. The Morgan fingerprint density at radius 3 is 2.07 bits per heavy atom. The average molecular weight is 736 g/mol. The smallest absolute Gasteiger partial charge is 0.0207 e. The predicted molar refractivity (Wildman–Crippen MR) is 172 cm³/mol. The van der Waals surface area contributed by atoms with Gasteiger partial charge in [0.15, 0.2) is 0 Å². The fraction of sp³-hybridized carbons (Fsp3) is 0.154. The summed E-state index contributed by atoms with van der Waals surface area (Å²) in [5.41, 5.74) is 15.3. The number of nitrogens with zero attached hydrogens (tertiary/aromatic N) is 3. The third-order valence-corrected chi connectivity index (χ3v) is 8.24. The monoisotopic (exact) mass is 736 g/mol. The normalized spacial score (nSPS) is 12.3. The van der Waals surface area contributed by atoms with Crippen LogP contribution < -0.4 is 0 Å². The number of pyridine rings is 3. The van der Waals surface area contributed by atoms with E-state index >= 15 is 0 Å². The molecular weight excluding hydrogens is 703 g/mol. The van der Waals surface area contributed by atoms with Crippen LogP contribution in [0.2, 0.25) is 0 Å². The van der Waals surface area contributed by atoms with E-state index in [1.807, 2.05) is 24.5 Å². The minimum atomic E-state index is 0. The van der Waals surface area contributed by atoms with Gasteiger partial charge in [-0.3, -0.25) is 0 Å². The van der Waals surface area contributed by atoms with Crippen molar-refractivity contribution >= 4 is 0 Å². The van der Waals surface area contributed by atoms with Crippen LogP contribution in [-0.2, 0) is 25.5 Å². The Bertz CT molecular complexity index is 1880. The summed E-state index contributed by atoms with van der Waals surface area (Å²) in [5.74, 6) is 0. The van der Waals surface area contributed by atoms with Gasteiger partial charge >= 0.3 is 0 Å². The molecule has 3 aromatic heterocycles. The minimum absolute atomic E-state index is 0. The molecule has 0 unspecified atom stereocenters. The molecule has 0 aliphatic heterocycles. The van der Waals surface area contributed by atoms with Gasteiger partial charge in [-0.2, -0.15) is 0 Å². The number of hydrogen-bond acceptors (Lipinski definition) is 3. The standard InChI is InChI=1S/C20H18N.C19H15N2.Ir/c1-14-9-10-18(20-11-15(2)16(3)13-21-20)12-19(14)17-7-5-4-6-8-17;1-19(2)16-8-4-3-7-14(16)15-10-18(21-12-17(15)19)13-6-5-9-20-11-13;/h4-9,11-13H,1-3H3;3-5,7-12H,1-2H3;/q2*-1;. The molecule has 0 fully saturated rings. The van der Waals surface area contributed by atoms with Crippen molar-refractivity contribution in [1.29, 1.82) is 0 Å². The topological polar surface area (TPSA) is 38.7 Å². The van der Waals surface area contributed by atoms with Crippen molar-refractivity contribution in [3.05, 3.63) is 150 Å². The summed E-state index contributed by atoms with van der Waals surface area (Å²) in [5, 5.41) is 0. The SMILES string of the molecule is CC1(C)c2ccccc2-c2cc(-c3[c-]ccnc3)ncc21.Cc1cnc(-c2[c-]cc(C)c(-c3ccccc3)c2)cc1C.[Ir]. The third kappa shape index (κ3) is 5.99. The molecule has 7 rings (SSSR count). The van der Waals surface area contributed by atoms with Crippen molar-refractivity contribution in [1.82, 2.24) is 15.0 Å². The van der Waals surface area contributed by atoms with E-state index in [0.29, 0.717) is 0 Å². The zero-order chi connectivity index (χ0) is 29.3. The molecule has 1 aliphatic carbocycles. The fourth-order valence-electron chi connectivity index (χ4n) is 5.61. The number of benzene rings is 3. The summed E-state index contributed by atoms with van der Waals surface area (Å²) in [6.45, 7) is 10.8. The second kappa shape index (κ2) is 12.6. The van der Waals surface area contributed by atoms with E-state index in [9.17, 15) is 0 Å². The van der Waals surface area contributed by atoms with Crippen LogP contribution >= 0.6 is 0 Å². The van der Waals surface area contributed by atoms with E-state index in [1.165, 1.54) is 50.1 Å². The van der Waals surface area contributed by atoms with E-state index < -0.39 is 0 Å². The molecule has 0 amide bonds. The van der Waals surface area contributed by atoms with E-state index in [0.717, 1.165) is 22.5 Å². The third-order valence-electron chi connectivity index (χ3n) is 8.24. The van der Waals surface area contributed by atoms with Gasteiger partial charge in [0.05, 0.1) is 0 Å². The van der Waals surface area contributed by atoms with Crippen molar-refractivity contribution in [3.63, 3.8) is 0 Å². The first-order valence-corrected chi connectivity index (χ1v) is 14.3. The molecule has 0 N–H and O–H groups in total. The zero-order valence-electron chi connectivity index (χ0n) is 25.1. The Morgan fingerprint density at radius 1 is 0.605 bits per heavy atom. The molecule has 3 nitrogen and oxygen atoms in total. The first kappa shape index (κ1) is 30.2. The van der Waals surface area contributed by atoms with E-state index in [4.69, 9.17) is 0 Å². The number of rotatable bonds is 3. The number of hydrogen-bond donors (Lipinski definition) is 0. The van der Waals surface area contributed by atoms with Gasteiger partial charge in [-0.1, -0.05) is 111 Å². The maximum absolute atomic E-state index is 4.63. The molecule has 0 saturated heterocycles. The Kier molecular flexibility index (Phi) is 8.82. The molecule has 3 heterocycles. The molecule has 215 valence electrons. The van der Waals surface area contributed by atoms with Gasteiger partial charge in [-0.15, -0.1) is 47.0 Å². The average Bonchev–Trinajstić information content (AvgIpc) is 3.26. The summed E-state index contributed by atoms with van der Waals surface area (Å²) >= 11 is 0. The van der Waals surface area contributed by atoms with Gasteiger partial charge in [0.2, 0.25) is 0 Å². The molecule has 0 atom stereocenters. The van der Waals surface area contributed by atoms with E-state index in [-0.39, 0.29) is 25.5 Å². The van der Waals surface area contributed by atoms with Crippen LogP contribution in [-0.4, -0.2) is 15.0 Å². The van der Waals surface area contributed by atoms with Gasteiger partial charge in [0.25, 0.3) is 0 Å². The Morgan fingerprint density at radius 2 is 1.33 bits per heavy atom. The molecule has 6 aromatic rings. The van der Waals surface area contributed by atoms with Crippen LogP contribution in [0.3, 0.4) is 0 Å². The van der Waals surface area contributed by atoms with Gasteiger partial charge in [0.1, 0.15) is 0 Å². The summed E-state index contributed by atoms with van der Waals surface area (Å²) in [4.78, 5) is 13.3. The van der Waals surface area contributed by atoms with Crippen molar-refractivity contribution in [3.8, 4) is 44.8 Å². The van der Waals surface area contributed by atoms with Crippen LogP contribution in [0, 0.1) is 32.9 Å². The molecule has 0 saturated carbocycles. The Labute approximate surface area is 268 Å². The fourth-order valence-corrected chi connectivity index (χ4v) is 5.61. The number of aryl methyl sites for hydroxylation is 3. The van der Waals surface area contributed by atoms with Crippen molar-refractivity contribution < 1.29 is 20.1 Å². The van der Waals surface area contributed by atoms with E-state index in [2.05, 4.69) is 134 Å². The van der Waals surface area contributed by atoms with Crippen LogP contribution in [0.15, 0.2) is 110 Å². The summed E-state index contributed by atoms with van der Waals surface area (Å²) in [6, 6.07) is 36.0. The van der Waals surface area contributed by atoms with Crippen molar-refractivity contribution in [2.45, 2.75) is 40.0 Å². The Hall–Kier alpha value is -4.24. The minimum Gasteiger partial charge on any atom is -0.360 e. The number of aromatic nitrogens is 3. The molecule has 1 radical (unpaired) electrons. The second-order valence-corrected chi connectivity index (χ2v) is 11.4. The zero-order valence-corrected chi connectivity index (χ0v) is 27.5. The molecule has 0 spiro atoms. The quantitative estimate of drug-likeness (QED) is 0.170. The summed E-state index contributed by atoms with van der Waals surface area (Å²) in [6.07, 6.45) is 7.47. The largest absolute Gasteiger partial charge is 0.360 e.